The van der Waals surface area contributed by atoms with E-state index in [4.69, 9.17) is 4.84 Å². The van der Waals surface area contributed by atoms with Crippen LogP contribution in [0.25, 0.3) is 0 Å². The van der Waals surface area contributed by atoms with Crippen LogP contribution in [0.5, 0.6) is 5.75 Å². The molecular weight excluding hydrogens is 432 g/mol. The van der Waals surface area contributed by atoms with Crippen molar-refractivity contribution in [2.75, 3.05) is 0 Å². The van der Waals surface area contributed by atoms with Crippen LogP contribution in [-0.4, -0.2) is 57.4 Å². The van der Waals surface area contributed by atoms with E-state index >= 15 is 0 Å². The molecule has 1 amide bonds. The number of oxime groups is 1. The summed E-state index contributed by atoms with van der Waals surface area (Å²) in [6.45, 7) is 0.546. The zero-order valence-electron chi connectivity index (χ0n) is 15.8. The predicted molar refractivity (Wildman–Crippen MR) is 86.2 cm³/mol. The molecule has 146 valence electrons. The third-order valence-electron chi connectivity index (χ3n) is 4.63. The van der Waals surface area contributed by atoms with Gasteiger partial charge in [0.05, 0.1) is 18.3 Å². The number of sulfone groups is 1. The van der Waals surface area contributed by atoms with Crippen molar-refractivity contribution in [3.8, 4) is 5.75 Å². The van der Waals surface area contributed by atoms with Crippen molar-refractivity contribution < 1.29 is 92.2 Å². The molecule has 0 bridgehead atoms. The number of β-lactam (4-membered cyclic amide) rings is 1. The summed E-state index contributed by atoms with van der Waals surface area (Å²) in [4.78, 5) is 40.0. The molecule has 1 N–H and O–H groups in total. The van der Waals surface area contributed by atoms with E-state index in [2.05, 4.69) is 5.16 Å². The molecule has 0 aromatic carbocycles. The Hall–Kier alpha value is -1.09. The Morgan fingerprint density at radius 1 is 1.45 bits per heavy atom. The number of hydrogen-bond donors (Lipinski definition) is 1. The molecule has 29 heavy (non-hydrogen) atoms. The Bertz CT molecular complexity index is 1030. The Labute approximate surface area is 208 Å². The molecule has 3 atom stereocenters. The first kappa shape index (κ1) is 25.9. The summed E-state index contributed by atoms with van der Waals surface area (Å²) < 4.78 is 23.3. The van der Waals surface area contributed by atoms with Gasteiger partial charge in [-0.15, -0.1) is 0 Å². The molecule has 1 aromatic heterocycles. The minimum atomic E-state index is -4.08. The van der Waals surface area contributed by atoms with Gasteiger partial charge in [-0.1, -0.05) is 5.16 Å². The zero-order chi connectivity index (χ0) is 20.1. The Balaban J connectivity index is 0.00000210. The topological polar surface area (TPSA) is 181 Å². The van der Waals surface area contributed by atoms with Gasteiger partial charge in [-0.25, -0.2) is 13.2 Å². The van der Waals surface area contributed by atoms with E-state index in [-0.39, 0.29) is 76.0 Å². The van der Waals surface area contributed by atoms with Crippen molar-refractivity contribution in [3.63, 3.8) is 0 Å². The average Bonchev–Trinajstić information content (AvgIpc) is 2.70. The van der Waals surface area contributed by atoms with Crippen molar-refractivity contribution in [2.24, 2.45) is 5.16 Å². The number of pyridine rings is 1. The number of amides is 1. The van der Waals surface area contributed by atoms with Gasteiger partial charge in [-0.3, -0.25) is 9.59 Å². The first-order valence-corrected chi connectivity index (χ1v) is 9.09. The molecule has 3 heterocycles. The fourth-order valence-corrected chi connectivity index (χ4v) is 5.30. The molecule has 12 nitrogen and oxygen atoms in total. The maximum absolute atomic E-state index is 12.6. The Morgan fingerprint density at radius 3 is 2.62 bits per heavy atom. The van der Waals surface area contributed by atoms with Gasteiger partial charge in [0, 0.05) is 6.07 Å². The van der Waals surface area contributed by atoms with Crippen LogP contribution in [0.4, 0.5) is 0 Å². The minimum Gasteiger partial charge on any atom is -0.869 e. The van der Waals surface area contributed by atoms with Gasteiger partial charge in [0.25, 0.3) is 0 Å². The van der Waals surface area contributed by atoms with Crippen molar-refractivity contribution in [1.82, 2.24) is 9.63 Å². The molecule has 2 aliphatic rings. The summed E-state index contributed by atoms with van der Waals surface area (Å²) in [5, 5.41) is 34.1. The van der Waals surface area contributed by atoms with Crippen molar-refractivity contribution >= 4 is 27.9 Å². The number of aromatic nitrogens is 1. The normalized spacial score (nSPS) is 26.8. The van der Waals surface area contributed by atoms with Gasteiger partial charge < -0.3 is 29.9 Å². The molecule has 15 heteroatoms. The number of carboxylic acids is 1. The zero-order valence-corrected chi connectivity index (χ0v) is 20.6. The second-order valence-electron chi connectivity index (χ2n) is 6.26. The maximum atomic E-state index is 12.6. The van der Waals surface area contributed by atoms with Crippen LogP contribution in [0.2, 0.25) is 0 Å². The van der Waals surface area contributed by atoms with Gasteiger partial charge in [0.1, 0.15) is 10.1 Å². The third-order valence-corrected chi connectivity index (χ3v) is 7.29. The number of rotatable bonds is 5. The van der Waals surface area contributed by atoms with E-state index in [1.54, 1.807) is 0 Å². The average molecular weight is 445 g/mol. The van der Waals surface area contributed by atoms with Gasteiger partial charge >= 0.3 is 65.1 Å². The maximum Gasteiger partial charge on any atom is 1.00 e. The van der Waals surface area contributed by atoms with Gasteiger partial charge in [0.2, 0.25) is 5.91 Å². The minimum absolute atomic E-state index is 0. The molecule has 2 aliphatic heterocycles. The van der Waals surface area contributed by atoms with E-state index in [9.17, 15) is 38.2 Å². The number of hydrogen-bond acceptors (Lipinski definition) is 9. The molecule has 3 rings (SSSR count). The molecule has 2 fully saturated rings. The van der Waals surface area contributed by atoms with E-state index in [0.29, 0.717) is 6.20 Å². The van der Waals surface area contributed by atoms with Crippen LogP contribution in [0.3, 0.4) is 0 Å². The summed E-state index contributed by atoms with van der Waals surface area (Å²) in [6, 6.07) is -0.915. The molecule has 2 saturated heterocycles. The van der Waals surface area contributed by atoms with Crippen LogP contribution >= 0.6 is 0 Å². The van der Waals surface area contributed by atoms with Gasteiger partial charge in [-0.2, -0.15) is 0 Å². The van der Waals surface area contributed by atoms with Crippen molar-refractivity contribution in [1.29, 1.82) is 0 Å². The van der Waals surface area contributed by atoms with E-state index < -0.39 is 55.7 Å². The monoisotopic (exact) mass is 445 g/mol. The van der Waals surface area contributed by atoms with E-state index in [1.165, 1.54) is 0 Å². The summed E-state index contributed by atoms with van der Waals surface area (Å²) in [7, 11) is -4.08. The molecule has 0 radical (unpaired) electrons. The fourth-order valence-electron chi connectivity index (χ4n) is 3.09. The first-order chi connectivity index (χ1) is 12.5. The van der Waals surface area contributed by atoms with Crippen LogP contribution in [0.15, 0.2) is 22.2 Å². The largest absolute Gasteiger partial charge is 1.00 e. The molecule has 0 saturated carbocycles. The smallest absolute Gasteiger partial charge is 0.869 e. The summed E-state index contributed by atoms with van der Waals surface area (Å²) in [5.74, 6) is -3.11. The van der Waals surface area contributed by atoms with Crippen molar-refractivity contribution in [3.05, 3.63) is 33.4 Å². The number of fused-ring (bicyclic) bond motifs is 1. The SMILES string of the molecule is C[C@]1(/C=N\OCc2cc(=O)c([O-])cn2[O-])[C@H](C(=O)O)N2C(=O)C[C@H]2S1(=O)=O.[Na+].[Na+]. The summed E-state index contributed by atoms with van der Waals surface area (Å²) in [6.07, 6.45) is 0.965. The standard InChI is InChI=1S/C14H14N3O9S.2Na/c1-14(6-15-26-5-7-2-8(18)9(19)4-16(7)23)12(13(21)22)17-10(20)3-11(17)27(14,24)25;;/h2,4,6,11-12,19H,3,5H2,1H3,(H,21,22);;/q-1;2*+1/p-1/b15-6-;;/t11-,12+,14+;;/m1../s1. The fraction of sp³-hybridized carbons (Fsp3) is 0.429. The molecular formula is C14H13N3Na2O9S. The Kier molecular flexibility index (Phi) is 8.01. The molecule has 0 spiro atoms. The Morgan fingerprint density at radius 2 is 2.07 bits per heavy atom. The van der Waals surface area contributed by atoms with Gasteiger partial charge in [-0.05, 0) is 18.9 Å². The predicted octanol–water partition coefficient (Wildman–Crippen LogP) is -8.02. The van der Waals surface area contributed by atoms with E-state index in [1.807, 2.05) is 0 Å². The quantitative estimate of drug-likeness (QED) is 0.199. The number of carbonyl (C=O) groups is 2. The second kappa shape index (κ2) is 8.96. The van der Waals surface area contributed by atoms with Crippen LogP contribution in [-0.2, 0) is 30.9 Å². The number of carbonyl (C=O) groups excluding carboxylic acids is 1. The van der Waals surface area contributed by atoms with Crippen LogP contribution in [0.1, 0.15) is 19.0 Å². The molecule has 0 unspecified atom stereocenters. The molecule has 1 aromatic rings. The summed E-state index contributed by atoms with van der Waals surface area (Å²) >= 11 is 0. The van der Waals surface area contributed by atoms with E-state index in [0.717, 1.165) is 24.1 Å². The number of carboxylic acid groups (broad SMARTS) is 1. The van der Waals surface area contributed by atoms with Crippen LogP contribution < -0.4 is 69.6 Å². The molecule has 0 aliphatic carbocycles. The third kappa shape index (κ3) is 4.09. The van der Waals surface area contributed by atoms with Crippen molar-refractivity contribution in [2.45, 2.75) is 36.1 Å². The van der Waals surface area contributed by atoms with Crippen LogP contribution in [0, 0.1) is 5.21 Å². The summed E-state index contributed by atoms with van der Waals surface area (Å²) in [5.41, 5.74) is -1.17. The van der Waals surface area contributed by atoms with Gasteiger partial charge in [0.15, 0.2) is 27.9 Å². The first-order valence-electron chi connectivity index (χ1n) is 7.54. The number of nitrogens with zero attached hydrogens (tertiary/aromatic N) is 3. The second-order valence-corrected chi connectivity index (χ2v) is 8.77. The number of aliphatic carboxylic acids is 1.